The molecular formula is C12H15F2NO. The van der Waals surface area contributed by atoms with Gasteiger partial charge in [0.15, 0.2) is 11.6 Å². The van der Waals surface area contributed by atoms with E-state index in [2.05, 4.69) is 0 Å². The van der Waals surface area contributed by atoms with Crippen LogP contribution < -0.4 is 5.73 Å². The third-order valence-electron chi connectivity index (χ3n) is 3.04. The molecule has 2 nitrogen and oxygen atoms in total. The highest BCUT2D eigenvalue weighted by Gasteiger charge is 2.29. The molecule has 0 bridgehead atoms. The molecule has 1 aromatic carbocycles. The van der Waals surface area contributed by atoms with Gasteiger partial charge in [-0.25, -0.2) is 8.78 Å². The molecule has 2 atom stereocenters. The first-order valence-electron chi connectivity index (χ1n) is 5.49. The minimum atomic E-state index is -0.831. The molecule has 2 unspecified atom stereocenters. The van der Waals surface area contributed by atoms with Gasteiger partial charge in [0.25, 0.3) is 0 Å². The summed E-state index contributed by atoms with van der Waals surface area (Å²) in [5, 5.41) is 0. The Hall–Kier alpha value is -1.00. The van der Waals surface area contributed by atoms with Crippen molar-refractivity contribution in [2.45, 2.75) is 18.9 Å². The summed E-state index contributed by atoms with van der Waals surface area (Å²) < 4.78 is 32.2. The predicted molar refractivity (Wildman–Crippen MR) is 56.8 cm³/mol. The smallest absolute Gasteiger partial charge is 0.164 e. The first kappa shape index (κ1) is 11.5. The molecule has 88 valence electrons. The van der Waals surface area contributed by atoms with Gasteiger partial charge in [-0.1, -0.05) is 12.1 Å². The summed E-state index contributed by atoms with van der Waals surface area (Å²) >= 11 is 0. The van der Waals surface area contributed by atoms with Crippen LogP contribution >= 0.6 is 0 Å². The van der Waals surface area contributed by atoms with Gasteiger partial charge in [-0.2, -0.15) is 0 Å². The fraction of sp³-hybridized carbons (Fsp3) is 0.500. The van der Waals surface area contributed by atoms with Crippen molar-refractivity contribution >= 4 is 0 Å². The molecule has 1 fully saturated rings. The predicted octanol–water partition coefficient (Wildman–Crippen LogP) is 2.39. The van der Waals surface area contributed by atoms with Crippen LogP contribution in [0.1, 0.15) is 24.5 Å². The molecule has 1 saturated heterocycles. The highest BCUT2D eigenvalue weighted by molar-refractivity contribution is 5.22. The fourth-order valence-electron chi connectivity index (χ4n) is 2.17. The van der Waals surface area contributed by atoms with E-state index in [1.54, 1.807) is 6.07 Å². The first-order chi connectivity index (χ1) is 7.74. The normalized spacial score (nSPS) is 25.7. The monoisotopic (exact) mass is 227 g/mol. The lowest BCUT2D eigenvalue weighted by molar-refractivity contribution is -0.0273. The van der Waals surface area contributed by atoms with E-state index in [1.807, 2.05) is 0 Å². The largest absolute Gasteiger partial charge is 0.373 e. The first-order valence-corrected chi connectivity index (χ1v) is 5.49. The Balaban J connectivity index is 2.30. The van der Waals surface area contributed by atoms with Gasteiger partial charge in [-0.3, -0.25) is 0 Å². The second-order valence-corrected chi connectivity index (χ2v) is 4.07. The van der Waals surface area contributed by atoms with Crippen molar-refractivity contribution in [3.05, 3.63) is 35.4 Å². The van der Waals surface area contributed by atoms with E-state index in [1.165, 1.54) is 6.07 Å². The van der Waals surface area contributed by atoms with E-state index in [0.717, 1.165) is 18.9 Å². The maximum absolute atomic E-state index is 13.6. The van der Waals surface area contributed by atoms with Gasteiger partial charge in [0.2, 0.25) is 0 Å². The molecule has 16 heavy (non-hydrogen) atoms. The number of halogens is 2. The molecule has 0 radical (unpaired) electrons. The molecule has 2 N–H and O–H groups in total. The zero-order chi connectivity index (χ0) is 11.5. The minimum Gasteiger partial charge on any atom is -0.373 e. The lowest BCUT2D eigenvalue weighted by atomic mass is 9.89. The van der Waals surface area contributed by atoms with Crippen LogP contribution in [0.15, 0.2) is 18.2 Å². The topological polar surface area (TPSA) is 35.2 Å². The molecule has 0 saturated carbocycles. The molecular weight excluding hydrogens is 212 g/mol. The van der Waals surface area contributed by atoms with Gasteiger partial charge in [0.05, 0.1) is 6.10 Å². The average Bonchev–Trinajstić information content (AvgIpc) is 2.33. The number of rotatable bonds is 2. The summed E-state index contributed by atoms with van der Waals surface area (Å²) in [6.45, 7) is 1.01. The second kappa shape index (κ2) is 4.89. The Morgan fingerprint density at radius 1 is 1.38 bits per heavy atom. The molecule has 0 aromatic heterocycles. The van der Waals surface area contributed by atoms with Crippen LogP contribution in [0, 0.1) is 17.6 Å². The summed E-state index contributed by atoms with van der Waals surface area (Å²) in [6, 6.07) is 4.18. The van der Waals surface area contributed by atoms with Crippen LogP contribution in [-0.2, 0) is 4.74 Å². The van der Waals surface area contributed by atoms with Crippen LogP contribution in [0.25, 0.3) is 0 Å². The Morgan fingerprint density at radius 3 is 2.94 bits per heavy atom. The van der Waals surface area contributed by atoms with E-state index in [0.29, 0.717) is 13.2 Å². The van der Waals surface area contributed by atoms with Crippen LogP contribution in [0.3, 0.4) is 0 Å². The zero-order valence-electron chi connectivity index (χ0n) is 8.96. The maximum Gasteiger partial charge on any atom is 0.164 e. The van der Waals surface area contributed by atoms with Crippen molar-refractivity contribution in [2.75, 3.05) is 13.2 Å². The second-order valence-electron chi connectivity index (χ2n) is 4.07. The molecule has 1 aliphatic heterocycles. The molecule has 2 rings (SSSR count). The van der Waals surface area contributed by atoms with Crippen molar-refractivity contribution in [1.82, 2.24) is 0 Å². The van der Waals surface area contributed by atoms with Gasteiger partial charge in [-0.15, -0.1) is 0 Å². The summed E-state index contributed by atoms with van der Waals surface area (Å²) in [4.78, 5) is 0. The van der Waals surface area contributed by atoms with E-state index in [-0.39, 0.29) is 11.5 Å². The van der Waals surface area contributed by atoms with Crippen LogP contribution in [0.2, 0.25) is 0 Å². The van der Waals surface area contributed by atoms with Crippen molar-refractivity contribution in [2.24, 2.45) is 11.7 Å². The van der Waals surface area contributed by atoms with Gasteiger partial charge in [-0.05, 0) is 25.5 Å². The molecule has 1 heterocycles. The highest BCUT2D eigenvalue weighted by atomic mass is 19.2. The van der Waals surface area contributed by atoms with Crippen molar-refractivity contribution in [1.29, 1.82) is 0 Å². The number of nitrogens with two attached hydrogens (primary N) is 1. The fourth-order valence-corrected chi connectivity index (χ4v) is 2.17. The third-order valence-corrected chi connectivity index (χ3v) is 3.04. The summed E-state index contributed by atoms with van der Waals surface area (Å²) in [5.74, 6) is -1.57. The molecule has 4 heteroatoms. The number of benzene rings is 1. The highest BCUT2D eigenvalue weighted by Crippen LogP contribution is 2.34. The van der Waals surface area contributed by atoms with Gasteiger partial charge in [0, 0.05) is 18.1 Å². The SMILES string of the molecule is NCC1CCCOC1c1cccc(F)c1F. The Labute approximate surface area is 93.4 Å². The van der Waals surface area contributed by atoms with Crippen LogP contribution in [-0.4, -0.2) is 13.2 Å². The Morgan fingerprint density at radius 2 is 2.19 bits per heavy atom. The summed E-state index contributed by atoms with van der Waals surface area (Å²) in [7, 11) is 0. The van der Waals surface area contributed by atoms with E-state index in [4.69, 9.17) is 10.5 Å². The van der Waals surface area contributed by atoms with Crippen molar-refractivity contribution in [3.8, 4) is 0 Å². The summed E-state index contributed by atoms with van der Waals surface area (Å²) in [6.07, 6.45) is 1.42. The number of hydrogen-bond acceptors (Lipinski definition) is 2. The van der Waals surface area contributed by atoms with Crippen LogP contribution in [0.4, 0.5) is 8.78 Å². The van der Waals surface area contributed by atoms with Gasteiger partial charge in [0.1, 0.15) is 0 Å². The van der Waals surface area contributed by atoms with Crippen molar-refractivity contribution in [3.63, 3.8) is 0 Å². The quantitative estimate of drug-likeness (QED) is 0.842. The molecule has 1 aromatic rings. The standard InChI is InChI=1S/C12H15F2NO/c13-10-5-1-4-9(11(10)14)12-8(7-15)3-2-6-16-12/h1,4-5,8,12H,2-3,6-7,15H2. The van der Waals surface area contributed by atoms with E-state index >= 15 is 0 Å². The zero-order valence-corrected chi connectivity index (χ0v) is 8.96. The average molecular weight is 227 g/mol. The third kappa shape index (κ3) is 2.08. The van der Waals surface area contributed by atoms with Crippen LogP contribution in [0.5, 0.6) is 0 Å². The molecule has 1 aliphatic rings. The van der Waals surface area contributed by atoms with Gasteiger partial charge >= 0.3 is 0 Å². The van der Waals surface area contributed by atoms with Gasteiger partial charge < -0.3 is 10.5 Å². The molecule has 0 spiro atoms. The molecule has 0 aliphatic carbocycles. The minimum absolute atomic E-state index is 0.0741. The Bertz CT molecular complexity index is 370. The van der Waals surface area contributed by atoms with E-state index in [9.17, 15) is 8.78 Å². The number of ether oxygens (including phenoxy) is 1. The summed E-state index contributed by atoms with van der Waals surface area (Å²) in [5.41, 5.74) is 5.91. The maximum atomic E-state index is 13.6. The van der Waals surface area contributed by atoms with Crippen molar-refractivity contribution < 1.29 is 13.5 Å². The molecule has 0 amide bonds. The lowest BCUT2D eigenvalue weighted by Crippen LogP contribution is -2.29. The Kier molecular flexibility index (Phi) is 3.51. The van der Waals surface area contributed by atoms with E-state index < -0.39 is 17.7 Å². The number of hydrogen-bond donors (Lipinski definition) is 1. The lowest BCUT2D eigenvalue weighted by Gasteiger charge is -2.31.